The second-order valence-corrected chi connectivity index (χ2v) is 7.71. The maximum Gasteiger partial charge on any atom is 0.336 e. The number of carboxylic acid groups (broad SMARTS) is 1. The molecule has 7 heteroatoms. The fourth-order valence-corrected chi connectivity index (χ4v) is 4.26. The van der Waals surface area contributed by atoms with Gasteiger partial charge in [-0.2, -0.15) is 0 Å². The predicted octanol–water partition coefficient (Wildman–Crippen LogP) is 4.10. The summed E-state index contributed by atoms with van der Waals surface area (Å²) in [6.07, 6.45) is 0.699. The lowest BCUT2D eigenvalue weighted by Gasteiger charge is -2.18. The molecule has 1 atom stereocenters. The molecule has 32 heavy (non-hydrogen) atoms. The van der Waals surface area contributed by atoms with E-state index in [-0.39, 0.29) is 17.3 Å². The van der Waals surface area contributed by atoms with E-state index in [1.54, 1.807) is 6.07 Å². The number of nitrogen functional groups attached to an aromatic ring is 1. The highest BCUT2D eigenvalue weighted by Gasteiger charge is 2.25. The number of benzene rings is 3. The Labute approximate surface area is 186 Å². The lowest BCUT2D eigenvalue weighted by atomic mass is 9.87. The average molecular weight is 431 g/mol. The summed E-state index contributed by atoms with van der Waals surface area (Å²) >= 11 is 0. The van der Waals surface area contributed by atoms with Crippen LogP contribution < -0.4 is 20.5 Å². The van der Waals surface area contributed by atoms with Gasteiger partial charge in [-0.25, -0.2) is 4.79 Å². The van der Waals surface area contributed by atoms with E-state index >= 15 is 0 Å². The van der Waals surface area contributed by atoms with E-state index in [0.29, 0.717) is 29.0 Å². The summed E-state index contributed by atoms with van der Waals surface area (Å²) in [6.45, 7) is 0.753. The SMILES string of the molecule is COc1cc(C(=O)O)c(-c2ccccc2CC2CNc3ccc(C(=N)N)cc32)cc1OC. The van der Waals surface area contributed by atoms with E-state index in [9.17, 15) is 9.90 Å². The highest BCUT2D eigenvalue weighted by molar-refractivity contribution is 5.98. The number of nitrogens with two attached hydrogens (primary N) is 1. The van der Waals surface area contributed by atoms with E-state index in [2.05, 4.69) is 5.32 Å². The molecule has 1 heterocycles. The van der Waals surface area contributed by atoms with Gasteiger partial charge in [0.1, 0.15) is 5.84 Å². The molecule has 1 aliphatic rings. The minimum absolute atomic E-state index is 0.0373. The van der Waals surface area contributed by atoms with Crippen LogP contribution in [0, 0.1) is 5.41 Å². The van der Waals surface area contributed by atoms with Gasteiger partial charge < -0.3 is 25.6 Å². The smallest absolute Gasteiger partial charge is 0.336 e. The molecule has 1 aliphatic heterocycles. The van der Waals surface area contributed by atoms with Crippen molar-refractivity contribution in [3.8, 4) is 22.6 Å². The zero-order valence-electron chi connectivity index (χ0n) is 17.9. The molecule has 0 saturated carbocycles. The number of fused-ring (bicyclic) bond motifs is 1. The number of anilines is 1. The first-order chi connectivity index (χ1) is 15.4. The number of hydrogen-bond donors (Lipinski definition) is 4. The maximum atomic E-state index is 12.0. The van der Waals surface area contributed by atoms with Crippen molar-refractivity contribution in [1.82, 2.24) is 0 Å². The first-order valence-electron chi connectivity index (χ1n) is 10.2. The summed E-state index contributed by atoms with van der Waals surface area (Å²) in [7, 11) is 3.01. The van der Waals surface area contributed by atoms with E-state index < -0.39 is 5.97 Å². The lowest BCUT2D eigenvalue weighted by molar-refractivity contribution is 0.0697. The Morgan fingerprint density at radius 3 is 2.50 bits per heavy atom. The molecular weight excluding hydrogens is 406 g/mol. The Hall–Kier alpha value is -4.00. The highest BCUT2D eigenvalue weighted by atomic mass is 16.5. The molecule has 3 aromatic rings. The summed E-state index contributed by atoms with van der Waals surface area (Å²) in [5, 5.41) is 21.0. The van der Waals surface area contributed by atoms with Gasteiger partial charge in [-0.1, -0.05) is 24.3 Å². The van der Waals surface area contributed by atoms with Crippen LogP contribution in [0.2, 0.25) is 0 Å². The van der Waals surface area contributed by atoms with Crippen LogP contribution in [-0.2, 0) is 6.42 Å². The Morgan fingerprint density at radius 1 is 1.09 bits per heavy atom. The van der Waals surface area contributed by atoms with Crippen molar-refractivity contribution in [2.75, 3.05) is 26.1 Å². The van der Waals surface area contributed by atoms with Crippen LogP contribution in [0.1, 0.15) is 33.0 Å². The number of amidine groups is 1. The first kappa shape index (κ1) is 21.2. The third-order valence-electron chi connectivity index (χ3n) is 5.87. The molecular formula is C25H25N3O4. The van der Waals surface area contributed by atoms with Crippen LogP contribution in [0.5, 0.6) is 11.5 Å². The minimum atomic E-state index is -1.03. The molecule has 4 rings (SSSR count). The number of aromatic carboxylic acids is 1. The summed E-state index contributed by atoms with van der Waals surface area (Å²) in [5.41, 5.74) is 11.1. The number of hydrogen-bond acceptors (Lipinski definition) is 5. The van der Waals surface area contributed by atoms with E-state index in [1.165, 1.54) is 20.3 Å². The van der Waals surface area contributed by atoms with Gasteiger partial charge >= 0.3 is 5.97 Å². The molecule has 0 bridgehead atoms. The van der Waals surface area contributed by atoms with E-state index in [1.807, 2.05) is 42.5 Å². The topological polar surface area (TPSA) is 118 Å². The number of carboxylic acids is 1. The fraction of sp³-hybridized carbons (Fsp3) is 0.200. The summed E-state index contributed by atoms with van der Waals surface area (Å²) < 4.78 is 10.7. The van der Waals surface area contributed by atoms with Gasteiger partial charge in [0.15, 0.2) is 11.5 Å². The molecule has 0 aliphatic carbocycles. The van der Waals surface area contributed by atoms with Crippen LogP contribution in [0.25, 0.3) is 11.1 Å². The number of ether oxygens (including phenoxy) is 2. The van der Waals surface area contributed by atoms with Crippen molar-refractivity contribution in [1.29, 1.82) is 5.41 Å². The molecule has 0 spiro atoms. The number of carbonyl (C=O) groups is 1. The molecule has 0 radical (unpaired) electrons. The Balaban J connectivity index is 1.77. The Morgan fingerprint density at radius 2 is 1.81 bits per heavy atom. The van der Waals surface area contributed by atoms with Crippen molar-refractivity contribution in [3.05, 3.63) is 76.9 Å². The van der Waals surface area contributed by atoms with Crippen LogP contribution in [-0.4, -0.2) is 37.7 Å². The largest absolute Gasteiger partial charge is 0.493 e. The van der Waals surface area contributed by atoms with Crippen molar-refractivity contribution < 1.29 is 19.4 Å². The fourth-order valence-electron chi connectivity index (χ4n) is 4.26. The second-order valence-electron chi connectivity index (χ2n) is 7.71. The molecule has 5 N–H and O–H groups in total. The molecule has 1 unspecified atom stereocenters. The van der Waals surface area contributed by atoms with Crippen LogP contribution >= 0.6 is 0 Å². The van der Waals surface area contributed by atoms with E-state index in [4.69, 9.17) is 20.6 Å². The van der Waals surface area contributed by atoms with Crippen LogP contribution in [0.3, 0.4) is 0 Å². The molecule has 3 aromatic carbocycles. The van der Waals surface area contributed by atoms with Gasteiger partial charge in [0.25, 0.3) is 0 Å². The average Bonchev–Trinajstić information content (AvgIpc) is 3.20. The van der Waals surface area contributed by atoms with Gasteiger partial charge in [-0.3, -0.25) is 5.41 Å². The molecule has 0 fully saturated rings. The minimum Gasteiger partial charge on any atom is -0.493 e. The third kappa shape index (κ3) is 3.85. The number of nitrogens with one attached hydrogen (secondary N) is 2. The normalized spacial score (nSPS) is 14.4. The number of rotatable bonds is 7. The maximum absolute atomic E-state index is 12.0. The second kappa shape index (κ2) is 8.63. The van der Waals surface area contributed by atoms with Crippen molar-refractivity contribution in [2.24, 2.45) is 5.73 Å². The first-order valence-corrected chi connectivity index (χ1v) is 10.2. The molecule has 0 aromatic heterocycles. The Bertz CT molecular complexity index is 1210. The monoisotopic (exact) mass is 431 g/mol. The van der Waals surface area contributed by atoms with Gasteiger partial charge in [0.05, 0.1) is 19.8 Å². The zero-order chi connectivity index (χ0) is 22.8. The lowest BCUT2D eigenvalue weighted by Crippen LogP contribution is -2.12. The standard InChI is InChI=1S/C25H25N3O4/c1-31-22-11-19(20(25(29)30)12-23(22)32-2)17-6-4-3-5-14(17)9-16-13-28-21-8-7-15(24(26)27)10-18(16)21/h3-8,10-12,16,28H,9,13H2,1-2H3,(H3,26,27)(H,29,30). The van der Waals surface area contributed by atoms with Crippen molar-refractivity contribution >= 4 is 17.5 Å². The highest BCUT2D eigenvalue weighted by Crippen LogP contribution is 2.40. The van der Waals surface area contributed by atoms with Gasteiger partial charge in [0.2, 0.25) is 0 Å². The quantitative estimate of drug-likeness (QED) is 0.330. The van der Waals surface area contributed by atoms with Crippen LogP contribution in [0.15, 0.2) is 54.6 Å². The predicted molar refractivity (Wildman–Crippen MR) is 124 cm³/mol. The van der Waals surface area contributed by atoms with E-state index in [0.717, 1.165) is 28.9 Å². The molecule has 0 saturated heterocycles. The van der Waals surface area contributed by atoms with Gasteiger partial charge in [-0.05, 0) is 53.4 Å². The van der Waals surface area contributed by atoms with Crippen LogP contribution in [0.4, 0.5) is 5.69 Å². The third-order valence-corrected chi connectivity index (χ3v) is 5.87. The summed E-state index contributed by atoms with van der Waals surface area (Å²) in [5.74, 6) is 0.0157. The van der Waals surface area contributed by atoms with Gasteiger partial charge in [0, 0.05) is 29.3 Å². The Kier molecular flexibility index (Phi) is 5.73. The van der Waals surface area contributed by atoms with Crippen molar-refractivity contribution in [3.63, 3.8) is 0 Å². The summed E-state index contributed by atoms with van der Waals surface area (Å²) in [4.78, 5) is 12.0. The zero-order valence-corrected chi connectivity index (χ0v) is 17.9. The van der Waals surface area contributed by atoms with Crippen molar-refractivity contribution in [2.45, 2.75) is 12.3 Å². The summed E-state index contributed by atoms with van der Waals surface area (Å²) in [6, 6.07) is 16.8. The molecule has 7 nitrogen and oxygen atoms in total. The molecule has 0 amide bonds. The van der Waals surface area contributed by atoms with Gasteiger partial charge in [-0.15, -0.1) is 0 Å². The number of methoxy groups -OCH3 is 2. The molecule has 164 valence electrons.